The van der Waals surface area contributed by atoms with Crippen LogP contribution in [-0.2, 0) is 18.8 Å². The highest BCUT2D eigenvalue weighted by atomic mass is 16.6. The quantitative estimate of drug-likeness (QED) is 0.266. The normalized spacial score (nSPS) is 12.8. The highest BCUT2D eigenvalue weighted by Gasteiger charge is 2.18. The molecule has 0 aliphatic rings. The predicted octanol–water partition coefficient (Wildman–Crippen LogP) is 3.88. The smallest absolute Gasteiger partial charge is 0.466 e. The van der Waals surface area contributed by atoms with Crippen molar-refractivity contribution in [1.29, 1.82) is 0 Å². The Labute approximate surface area is 135 Å². The molecule has 0 rings (SSSR count). The molecule has 124 valence electrons. The highest BCUT2D eigenvalue weighted by molar-refractivity contribution is 6.51. The molecule has 4 nitrogen and oxygen atoms in total. The van der Waals surface area contributed by atoms with Gasteiger partial charge >= 0.3 is 13.1 Å². The molecule has 22 heavy (non-hydrogen) atoms. The number of rotatable bonds is 10. The van der Waals surface area contributed by atoms with Crippen LogP contribution in [0.4, 0.5) is 0 Å². The van der Waals surface area contributed by atoms with Crippen LogP contribution in [0.1, 0.15) is 47.5 Å². The van der Waals surface area contributed by atoms with Gasteiger partial charge in [-0.05, 0) is 34.1 Å². The first kappa shape index (κ1) is 20.7. The lowest BCUT2D eigenvalue weighted by Crippen LogP contribution is -2.28. The first-order valence-electron chi connectivity index (χ1n) is 7.83. The van der Waals surface area contributed by atoms with E-state index in [9.17, 15) is 4.79 Å². The number of allylic oxidation sites excluding steroid dienone is 4. The highest BCUT2D eigenvalue weighted by Crippen LogP contribution is 2.11. The zero-order valence-electron chi connectivity index (χ0n) is 14.7. The fourth-order valence-corrected chi connectivity index (χ4v) is 1.71. The van der Waals surface area contributed by atoms with Crippen molar-refractivity contribution < 1.29 is 18.8 Å². The minimum absolute atomic E-state index is 0.0890. The maximum atomic E-state index is 11.0. The van der Waals surface area contributed by atoms with Crippen LogP contribution in [0.25, 0.3) is 0 Å². The summed E-state index contributed by atoms with van der Waals surface area (Å²) in [6.45, 7) is 10.1. The SMILES string of the molecule is CCCC(/C=C/C=C/C(=O)OC)=C\B(OC(C)C)OC(C)C. The average molecular weight is 308 g/mol. The molecular formula is C17H29BO4. The van der Waals surface area contributed by atoms with Crippen molar-refractivity contribution in [2.45, 2.75) is 59.7 Å². The third-order valence-corrected chi connectivity index (χ3v) is 2.56. The Kier molecular flexibility index (Phi) is 11.5. The molecule has 0 saturated heterocycles. The maximum absolute atomic E-state index is 11.0. The summed E-state index contributed by atoms with van der Waals surface area (Å²) in [4.78, 5) is 11.0. The second-order valence-electron chi connectivity index (χ2n) is 5.47. The molecule has 0 N–H and O–H groups in total. The number of methoxy groups -OCH3 is 1. The van der Waals surface area contributed by atoms with Gasteiger partial charge in [-0.3, -0.25) is 0 Å². The van der Waals surface area contributed by atoms with Crippen molar-refractivity contribution >= 4 is 13.1 Å². The van der Waals surface area contributed by atoms with E-state index >= 15 is 0 Å². The number of carbonyl (C=O) groups excluding carboxylic acids is 1. The molecule has 0 aromatic rings. The van der Waals surface area contributed by atoms with E-state index in [0.717, 1.165) is 18.4 Å². The van der Waals surface area contributed by atoms with Crippen molar-refractivity contribution in [1.82, 2.24) is 0 Å². The second kappa shape index (κ2) is 12.2. The molecule has 0 amide bonds. The first-order valence-corrected chi connectivity index (χ1v) is 7.83. The Morgan fingerprint density at radius 1 is 1.05 bits per heavy atom. The van der Waals surface area contributed by atoms with E-state index < -0.39 is 0 Å². The van der Waals surface area contributed by atoms with Crippen molar-refractivity contribution in [3.8, 4) is 0 Å². The zero-order chi connectivity index (χ0) is 17.0. The van der Waals surface area contributed by atoms with Crippen LogP contribution in [0.3, 0.4) is 0 Å². The molecule has 0 aromatic heterocycles. The van der Waals surface area contributed by atoms with Gasteiger partial charge in [0.05, 0.1) is 7.11 Å². The van der Waals surface area contributed by atoms with Crippen molar-refractivity contribution in [2.75, 3.05) is 7.11 Å². The lowest BCUT2D eigenvalue weighted by molar-refractivity contribution is -0.134. The molecular weight excluding hydrogens is 279 g/mol. The fourth-order valence-electron chi connectivity index (χ4n) is 1.71. The molecule has 0 spiro atoms. The number of hydrogen-bond acceptors (Lipinski definition) is 4. The van der Waals surface area contributed by atoms with Crippen LogP contribution in [0, 0.1) is 0 Å². The Morgan fingerprint density at radius 3 is 2.05 bits per heavy atom. The fraction of sp³-hybridized carbons (Fsp3) is 0.588. The van der Waals surface area contributed by atoms with E-state index in [-0.39, 0.29) is 25.3 Å². The Balaban J connectivity index is 4.94. The Bertz CT molecular complexity index is 387. The maximum Gasteiger partial charge on any atom is 0.486 e. The van der Waals surface area contributed by atoms with Crippen LogP contribution in [0.15, 0.2) is 35.9 Å². The van der Waals surface area contributed by atoms with E-state index in [1.807, 2.05) is 45.8 Å². The van der Waals surface area contributed by atoms with Gasteiger partial charge in [0.2, 0.25) is 0 Å². The van der Waals surface area contributed by atoms with Gasteiger partial charge in [-0.2, -0.15) is 0 Å². The van der Waals surface area contributed by atoms with Crippen LogP contribution >= 0.6 is 0 Å². The van der Waals surface area contributed by atoms with Gasteiger partial charge in [0.15, 0.2) is 0 Å². The van der Waals surface area contributed by atoms with Crippen molar-refractivity contribution in [3.05, 3.63) is 35.9 Å². The van der Waals surface area contributed by atoms with Gasteiger partial charge in [-0.1, -0.05) is 43.1 Å². The minimum Gasteiger partial charge on any atom is -0.466 e. The molecule has 5 heteroatoms. The van der Waals surface area contributed by atoms with Crippen LogP contribution in [0.5, 0.6) is 0 Å². The summed E-state index contributed by atoms with van der Waals surface area (Å²) in [5.74, 6) is 1.63. The summed E-state index contributed by atoms with van der Waals surface area (Å²) in [6, 6.07) is 0. The van der Waals surface area contributed by atoms with E-state index in [1.165, 1.54) is 13.2 Å². The number of ether oxygens (including phenoxy) is 1. The number of esters is 1. The summed E-state index contributed by atoms with van der Waals surface area (Å²) < 4.78 is 16.1. The molecule has 0 aliphatic heterocycles. The molecule has 0 atom stereocenters. The zero-order valence-corrected chi connectivity index (χ0v) is 14.7. The summed E-state index contributed by atoms with van der Waals surface area (Å²) in [7, 11) is 0.992. The summed E-state index contributed by atoms with van der Waals surface area (Å²) >= 11 is 0. The third-order valence-electron chi connectivity index (χ3n) is 2.56. The average Bonchev–Trinajstić information content (AvgIpc) is 2.41. The van der Waals surface area contributed by atoms with E-state index in [0.29, 0.717) is 0 Å². The number of carbonyl (C=O) groups is 1. The van der Waals surface area contributed by atoms with E-state index in [1.54, 1.807) is 6.08 Å². The molecule has 0 aromatic carbocycles. The second-order valence-corrected chi connectivity index (χ2v) is 5.47. The van der Waals surface area contributed by atoms with Gasteiger partial charge in [0.1, 0.15) is 0 Å². The molecule has 0 saturated carbocycles. The molecule has 0 radical (unpaired) electrons. The van der Waals surface area contributed by atoms with Gasteiger partial charge in [0.25, 0.3) is 0 Å². The molecule has 0 bridgehead atoms. The lowest BCUT2D eigenvalue weighted by atomic mass is 9.84. The lowest BCUT2D eigenvalue weighted by Gasteiger charge is -2.17. The molecule has 0 fully saturated rings. The molecule has 0 aliphatic carbocycles. The van der Waals surface area contributed by atoms with Crippen molar-refractivity contribution in [3.63, 3.8) is 0 Å². The minimum atomic E-state index is -0.366. The monoisotopic (exact) mass is 308 g/mol. The molecule has 0 heterocycles. The van der Waals surface area contributed by atoms with E-state index in [4.69, 9.17) is 9.31 Å². The Hall–Kier alpha value is -1.33. The van der Waals surface area contributed by atoms with Crippen LogP contribution in [-0.4, -0.2) is 32.4 Å². The third kappa shape index (κ3) is 11.3. The topological polar surface area (TPSA) is 44.8 Å². The van der Waals surface area contributed by atoms with E-state index in [2.05, 4.69) is 11.7 Å². The van der Waals surface area contributed by atoms with Crippen LogP contribution in [0.2, 0.25) is 0 Å². The number of hydrogen-bond donors (Lipinski definition) is 0. The van der Waals surface area contributed by atoms with Gasteiger partial charge in [0, 0.05) is 18.3 Å². The standard InChI is InChI=1S/C17H29BO4/c1-7-10-16(11-8-9-12-17(19)20-6)13-18(21-14(2)3)22-15(4)5/h8-9,11-15H,7,10H2,1-6H3/b11-8+,12-9+,16-13+. The van der Waals surface area contributed by atoms with Gasteiger partial charge < -0.3 is 14.0 Å². The van der Waals surface area contributed by atoms with Gasteiger partial charge in [-0.15, -0.1) is 0 Å². The summed E-state index contributed by atoms with van der Waals surface area (Å²) in [5.41, 5.74) is 1.11. The van der Waals surface area contributed by atoms with Gasteiger partial charge in [-0.25, -0.2) is 4.79 Å². The van der Waals surface area contributed by atoms with Crippen LogP contribution < -0.4 is 0 Å². The Morgan fingerprint density at radius 2 is 1.59 bits per heavy atom. The summed E-state index contributed by atoms with van der Waals surface area (Å²) in [6.07, 6.45) is 8.94. The predicted molar refractivity (Wildman–Crippen MR) is 91.5 cm³/mol. The summed E-state index contributed by atoms with van der Waals surface area (Å²) in [5, 5.41) is 0. The largest absolute Gasteiger partial charge is 0.486 e. The molecule has 0 unspecified atom stereocenters. The first-order chi connectivity index (χ1) is 10.4. The van der Waals surface area contributed by atoms with Crippen molar-refractivity contribution in [2.24, 2.45) is 0 Å².